The molecule has 1 heterocycles. The van der Waals surface area contributed by atoms with Crippen molar-refractivity contribution in [2.75, 3.05) is 11.4 Å². The Hall–Kier alpha value is -1.16. The number of nitrogens with two attached hydrogens (primary N) is 1. The highest BCUT2D eigenvalue weighted by Gasteiger charge is 2.24. The third-order valence-electron chi connectivity index (χ3n) is 4.00. The lowest BCUT2D eigenvalue weighted by molar-refractivity contribution is 0.376. The lowest BCUT2D eigenvalue weighted by atomic mass is 9.91. The average molecular weight is 248 g/mol. The van der Waals surface area contributed by atoms with E-state index in [9.17, 15) is 0 Å². The van der Waals surface area contributed by atoms with E-state index in [4.69, 9.17) is 5.73 Å². The molecule has 0 atom stereocenters. The molecule has 0 aromatic carbocycles. The van der Waals surface area contributed by atoms with Crippen LogP contribution in [0.1, 0.15) is 44.0 Å². The van der Waals surface area contributed by atoms with Gasteiger partial charge in [0.15, 0.2) is 0 Å². The molecule has 0 saturated heterocycles. The van der Waals surface area contributed by atoms with Gasteiger partial charge in [-0.05, 0) is 46.5 Å². The van der Waals surface area contributed by atoms with Crippen LogP contribution in [0.4, 0.5) is 5.82 Å². The van der Waals surface area contributed by atoms with Crippen molar-refractivity contribution in [1.82, 2.24) is 9.97 Å². The Morgan fingerprint density at radius 1 is 1.22 bits per heavy atom. The minimum atomic E-state index is 0.394. The minimum absolute atomic E-state index is 0.394. The molecule has 18 heavy (non-hydrogen) atoms. The van der Waals surface area contributed by atoms with E-state index in [1.165, 1.54) is 12.8 Å². The van der Waals surface area contributed by atoms with Crippen LogP contribution in [0.5, 0.6) is 0 Å². The van der Waals surface area contributed by atoms with Gasteiger partial charge < -0.3 is 10.6 Å². The van der Waals surface area contributed by atoms with Gasteiger partial charge in [0.2, 0.25) is 0 Å². The average Bonchev–Trinajstić information content (AvgIpc) is 2.37. The van der Waals surface area contributed by atoms with Crippen LogP contribution in [0.3, 0.4) is 0 Å². The second kappa shape index (κ2) is 5.65. The molecule has 0 unspecified atom stereocenters. The topological polar surface area (TPSA) is 55.0 Å². The largest absolute Gasteiger partial charge is 0.353 e. The number of aromatic nitrogens is 2. The highest BCUT2D eigenvalue weighted by atomic mass is 15.2. The third-order valence-corrected chi connectivity index (χ3v) is 4.00. The molecule has 0 bridgehead atoms. The van der Waals surface area contributed by atoms with Crippen molar-refractivity contribution >= 4 is 5.82 Å². The quantitative estimate of drug-likeness (QED) is 0.891. The summed E-state index contributed by atoms with van der Waals surface area (Å²) < 4.78 is 0. The zero-order chi connectivity index (χ0) is 13.1. The van der Waals surface area contributed by atoms with E-state index in [1.807, 2.05) is 20.0 Å². The van der Waals surface area contributed by atoms with Crippen LogP contribution in [-0.2, 0) is 0 Å². The predicted molar refractivity (Wildman–Crippen MR) is 74.8 cm³/mol. The van der Waals surface area contributed by atoms with Crippen molar-refractivity contribution in [3.05, 3.63) is 17.6 Å². The van der Waals surface area contributed by atoms with E-state index in [1.54, 1.807) is 0 Å². The number of anilines is 1. The molecule has 1 saturated carbocycles. The van der Waals surface area contributed by atoms with Crippen molar-refractivity contribution in [2.45, 2.75) is 58.5 Å². The van der Waals surface area contributed by atoms with Gasteiger partial charge in [0.1, 0.15) is 5.82 Å². The first-order valence-corrected chi connectivity index (χ1v) is 6.94. The van der Waals surface area contributed by atoms with Crippen LogP contribution in [-0.4, -0.2) is 28.6 Å². The molecule has 100 valence electrons. The fourth-order valence-corrected chi connectivity index (χ4v) is 2.69. The van der Waals surface area contributed by atoms with Crippen molar-refractivity contribution in [1.29, 1.82) is 0 Å². The van der Waals surface area contributed by atoms with Crippen molar-refractivity contribution in [3.63, 3.8) is 0 Å². The number of hydrogen-bond donors (Lipinski definition) is 1. The Kier molecular flexibility index (Phi) is 4.17. The Morgan fingerprint density at radius 3 is 2.44 bits per heavy atom. The molecular formula is C14H24N4. The SMILES string of the molecule is CCN(c1cnc(C)c(C)n1)C1CCC(N)CC1. The number of hydrogen-bond acceptors (Lipinski definition) is 4. The number of aryl methyl sites for hydroxylation is 2. The molecule has 1 aliphatic carbocycles. The van der Waals surface area contributed by atoms with Crippen LogP contribution in [0.2, 0.25) is 0 Å². The normalized spacial score (nSPS) is 24.0. The van der Waals surface area contributed by atoms with Gasteiger partial charge in [0, 0.05) is 18.6 Å². The summed E-state index contributed by atoms with van der Waals surface area (Å²) in [6, 6.07) is 0.969. The summed E-state index contributed by atoms with van der Waals surface area (Å²) in [5.41, 5.74) is 8.02. The zero-order valence-corrected chi connectivity index (χ0v) is 11.7. The second-order valence-electron chi connectivity index (χ2n) is 5.25. The van der Waals surface area contributed by atoms with Crippen molar-refractivity contribution < 1.29 is 0 Å². The lowest BCUT2D eigenvalue weighted by Gasteiger charge is -2.36. The van der Waals surface area contributed by atoms with Crippen molar-refractivity contribution in [3.8, 4) is 0 Å². The van der Waals surface area contributed by atoms with Crippen molar-refractivity contribution in [2.24, 2.45) is 5.73 Å². The maximum atomic E-state index is 5.97. The van der Waals surface area contributed by atoms with Crippen LogP contribution in [0, 0.1) is 13.8 Å². The summed E-state index contributed by atoms with van der Waals surface area (Å²) in [4.78, 5) is 11.5. The molecule has 0 spiro atoms. The fourth-order valence-electron chi connectivity index (χ4n) is 2.69. The van der Waals surface area contributed by atoms with Gasteiger partial charge in [-0.2, -0.15) is 0 Å². The van der Waals surface area contributed by atoms with Gasteiger partial charge in [-0.1, -0.05) is 0 Å². The monoisotopic (exact) mass is 248 g/mol. The maximum absolute atomic E-state index is 5.97. The Bertz CT molecular complexity index is 397. The van der Waals surface area contributed by atoms with Gasteiger partial charge in [0.25, 0.3) is 0 Å². The fraction of sp³-hybridized carbons (Fsp3) is 0.714. The van der Waals surface area contributed by atoms with Gasteiger partial charge in [-0.3, -0.25) is 4.98 Å². The first kappa shape index (κ1) is 13.3. The molecule has 0 aliphatic heterocycles. The molecule has 0 amide bonds. The summed E-state index contributed by atoms with van der Waals surface area (Å²) in [5.74, 6) is 1.01. The Labute approximate surface area is 110 Å². The first-order chi connectivity index (χ1) is 8.61. The molecule has 1 aliphatic rings. The van der Waals surface area contributed by atoms with Gasteiger partial charge >= 0.3 is 0 Å². The molecule has 4 nitrogen and oxygen atoms in total. The molecule has 2 rings (SSSR count). The smallest absolute Gasteiger partial charge is 0.147 e. The summed E-state index contributed by atoms with van der Waals surface area (Å²) in [5, 5.41) is 0. The van der Waals surface area contributed by atoms with E-state index in [-0.39, 0.29) is 0 Å². The van der Waals surface area contributed by atoms with E-state index in [0.717, 1.165) is 36.6 Å². The number of rotatable bonds is 3. The van der Waals surface area contributed by atoms with Crippen LogP contribution >= 0.6 is 0 Å². The lowest BCUT2D eigenvalue weighted by Crippen LogP contribution is -2.41. The van der Waals surface area contributed by atoms with Gasteiger partial charge in [0.05, 0.1) is 17.6 Å². The van der Waals surface area contributed by atoms with Gasteiger partial charge in [-0.15, -0.1) is 0 Å². The predicted octanol–water partition coefficient (Wildman–Crippen LogP) is 2.19. The third kappa shape index (κ3) is 2.80. The molecule has 1 fully saturated rings. The summed E-state index contributed by atoms with van der Waals surface area (Å²) in [6.45, 7) is 7.20. The Balaban J connectivity index is 2.14. The Morgan fingerprint density at radius 2 is 1.89 bits per heavy atom. The highest BCUT2D eigenvalue weighted by molar-refractivity contribution is 5.39. The summed E-state index contributed by atoms with van der Waals surface area (Å²) in [7, 11) is 0. The number of nitrogens with zero attached hydrogens (tertiary/aromatic N) is 3. The zero-order valence-electron chi connectivity index (χ0n) is 11.7. The van der Waals surface area contributed by atoms with E-state index in [2.05, 4.69) is 21.8 Å². The highest BCUT2D eigenvalue weighted by Crippen LogP contribution is 2.25. The van der Waals surface area contributed by atoms with E-state index < -0.39 is 0 Å². The second-order valence-corrected chi connectivity index (χ2v) is 5.25. The molecule has 4 heteroatoms. The van der Waals surface area contributed by atoms with Crippen LogP contribution in [0.25, 0.3) is 0 Å². The summed E-state index contributed by atoms with van der Waals surface area (Å²) >= 11 is 0. The maximum Gasteiger partial charge on any atom is 0.147 e. The first-order valence-electron chi connectivity index (χ1n) is 6.94. The minimum Gasteiger partial charge on any atom is -0.353 e. The van der Waals surface area contributed by atoms with Crippen LogP contribution < -0.4 is 10.6 Å². The molecule has 2 N–H and O–H groups in total. The molecule has 1 aromatic heterocycles. The van der Waals surface area contributed by atoms with E-state index >= 15 is 0 Å². The van der Waals surface area contributed by atoms with E-state index in [0.29, 0.717) is 12.1 Å². The standard InChI is InChI=1S/C14H24N4/c1-4-18(13-7-5-12(15)6-8-13)14-9-16-10(2)11(3)17-14/h9,12-13H,4-8,15H2,1-3H3. The molecule has 0 radical (unpaired) electrons. The summed E-state index contributed by atoms with van der Waals surface area (Å²) in [6.07, 6.45) is 6.49. The molecular weight excluding hydrogens is 224 g/mol. The van der Waals surface area contributed by atoms with Gasteiger partial charge in [-0.25, -0.2) is 4.98 Å². The molecule has 1 aromatic rings. The van der Waals surface area contributed by atoms with Crippen LogP contribution in [0.15, 0.2) is 6.20 Å².